The predicted octanol–water partition coefficient (Wildman–Crippen LogP) is 1.87. The highest BCUT2D eigenvalue weighted by atomic mass is 14.8. The van der Waals surface area contributed by atoms with Crippen molar-refractivity contribution in [3.05, 3.63) is 24.3 Å². The monoisotopic (exact) mass is 137 g/mol. The minimum atomic E-state index is 1.04. The summed E-state index contributed by atoms with van der Waals surface area (Å²) >= 11 is 0. The van der Waals surface area contributed by atoms with E-state index in [9.17, 15) is 0 Å². The maximum Gasteiger partial charge on any atom is 0.0135 e. The number of nitrogens with one attached hydrogen (secondary N) is 1. The third-order valence-electron chi connectivity index (χ3n) is 1.58. The lowest BCUT2D eigenvalue weighted by Crippen LogP contribution is -2.14. The maximum atomic E-state index is 3.32. The van der Waals surface area contributed by atoms with Crippen LogP contribution in [0.15, 0.2) is 24.3 Å². The summed E-state index contributed by atoms with van der Waals surface area (Å²) in [6.45, 7) is 2.15. The van der Waals surface area contributed by atoms with Gasteiger partial charge in [0.05, 0.1) is 0 Å². The number of allylic oxidation sites excluding steroid dienone is 2. The molecule has 0 unspecified atom stereocenters. The second kappa shape index (κ2) is 5.24. The molecule has 0 spiro atoms. The fraction of sp³-hybridized carbons (Fsp3) is 0.556. The van der Waals surface area contributed by atoms with Gasteiger partial charge in [0, 0.05) is 6.54 Å². The van der Waals surface area contributed by atoms with Gasteiger partial charge in [0.15, 0.2) is 0 Å². The van der Waals surface area contributed by atoms with Gasteiger partial charge in [-0.05, 0) is 25.8 Å². The molecule has 1 rings (SSSR count). The molecule has 0 bridgehead atoms. The molecule has 0 aromatic carbocycles. The van der Waals surface area contributed by atoms with Gasteiger partial charge in [-0.1, -0.05) is 24.3 Å². The molecule has 10 heavy (non-hydrogen) atoms. The molecule has 0 aromatic rings. The van der Waals surface area contributed by atoms with Crippen LogP contribution in [-0.4, -0.2) is 13.1 Å². The van der Waals surface area contributed by atoms with Crippen LogP contribution in [-0.2, 0) is 0 Å². The summed E-state index contributed by atoms with van der Waals surface area (Å²) < 4.78 is 0. The minimum absolute atomic E-state index is 1.04. The second-order valence-corrected chi connectivity index (χ2v) is 2.51. The van der Waals surface area contributed by atoms with Gasteiger partial charge in [0.1, 0.15) is 0 Å². The zero-order valence-corrected chi connectivity index (χ0v) is 6.34. The van der Waals surface area contributed by atoms with Crippen molar-refractivity contribution in [1.82, 2.24) is 5.32 Å². The quantitative estimate of drug-likeness (QED) is 0.503. The van der Waals surface area contributed by atoms with Crippen molar-refractivity contribution in [3.8, 4) is 0 Å². The Bertz CT molecular complexity index is 109. The van der Waals surface area contributed by atoms with E-state index in [-0.39, 0.29) is 0 Å². The lowest BCUT2D eigenvalue weighted by atomic mass is 10.2. The minimum Gasteiger partial charge on any atom is -0.313 e. The first-order valence-electron chi connectivity index (χ1n) is 4.01. The lowest BCUT2D eigenvalue weighted by molar-refractivity contribution is 0.750. The van der Waals surface area contributed by atoms with Gasteiger partial charge in [-0.25, -0.2) is 0 Å². The molecule has 0 fully saturated rings. The van der Waals surface area contributed by atoms with Crippen LogP contribution in [0.4, 0.5) is 0 Å². The van der Waals surface area contributed by atoms with Gasteiger partial charge < -0.3 is 5.32 Å². The molecular weight excluding hydrogens is 122 g/mol. The largest absolute Gasteiger partial charge is 0.313 e. The van der Waals surface area contributed by atoms with E-state index in [0.29, 0.717) is 0 Å². The van der Waals surface area contributed by atoms with Crippen LogP contribution in [0.3, 0.4) is 0 Å². The highest BCUT2D eigenvalue weighted by molar-refractivity contribution is 4.91. The van der Waals surface area contributed by atoms with Gasteiger partial charge in [-0.3, -0.25) is 0 Å². The van der Waals surface area contributed by atoms with Gasteiger partial charge in [0.25, 0.3) is 0 Å². The van der Waals surface area contributed by atoms with Gasteiger partial charge in [-0.2, -0.15) is 0 Å². The highest BCUT2D eigenvalue weighted by Gasteiger charge is 1.83. The molecular formula is C9H15N. The van der Waals surface area contributed by atoms with E-state index in [1.54, 1.807) is 0 Å². The summed E-state index contributed by atoms with van der Waals surface area (Å²) in [5.41, 5.74) is 0. The van der Waals surface area contributed by atoms with E-state index in [1.807, 2.05) is 0 Å². The van der Waals surface area contributed by atoms with Crippen molar-refractivity contribution in [2.45, 2.75) is 19.3 Å². The van der Waals surface area contributed by atoms with Crippen molar-refractivity contribution in [2.75, 3.05) is 13.1 Å². The molecule has 1 aliphatic heterocycles. The topological polar surface area (TPSA) is 12.0 Å². The smallest absolute Gasteiger partial charge is 0.0135 e. The fourth-order valence-corrected chi connectivity index (χ4v) is 1.00. The molecule has 56 valence electrons. The van der Waals surface area contributed by atoms with Crippen LogP contribution in [0.2, 0.25) is 0 Å². The Morgan fingerprint density at radius 2 is 1.50 bits per heavy atom. The first-order valence-corrected chi connectivity index (χ1v) is 4.01. The van der Waals surface area contributed by atoms with Crippen molar-refractivity contribution in [1.29, 1.82) is 0 Å². The van der Waals surface area contributed by atoms with Gasteiger partial charge in [-0.15, -0.1) is 0 Å². The van der Waals surface area contributed by atoms with Crippen molar-refractivity contribution in [2.24, 2.45) is 0 Å². The molecule has 1 aliphatic rings. The Morgan fingerprint density at radius 1 is 0.800 bits per heavy atom. The molecule has 0 amide bonds. The molecule has 1 heteroatoms. The second-order valence-electron chi connectivity index (χ2n) is 2.51. The molecule has 0 atom stereocenters. The summed E-state index contributed by atoms with van der Waals surface area (Å²) in [6, 6.07) is 0. The van der Waals surface area contributed by atoms with Crippen molar-refractivity contribution in [3.63, 3.8) is 0 Å². The number of hydrogen-bond acceptors (Lipinski definition) is 1. The Kier molecular flexibility index (Phi) is 3.96. The van der Waals surface area contributed by atoms with E-state index in [4.69, 9.17) is 0 Å². The zero-order valence-electron chi connectivity index (χ0n) is 6.34. The molecule has 1 nitrogen and oxygen atoms in total. The molecule has 1 heterocycles. The molecule has 0 aliphatic carbocycles. The number of hydrogen-bond donors (Lipinski definition) is 1. The Labute approximate surface area is 62.8 Å². The standard InChI is InChI=1S/C9H15N/c1-2-4-6-8-10-9-7-5-3-1/h2,4-5,7,10H,1,3,6,8-9H2/b4-2+,7-5+. The van der Waals surface area contributed by atoms with Crippen LogP contribution in [0.25, 0.3) is 0 Å². The molecule has 0 aromatic heterocycles. The molecule has 0 radical (unpaired) electrons. The van der Waals surface area contributed by atoms with Crippen LogP contribution in [0, 0.1) is 0 Å². The predicted molar refractivity (Wildman–Crippen MR) is 45.0 cm³/mol. The van der Waals surface area contributed by atoms with Crippen LogP contribution in [0.5, 0.6) is 0 Å². The van der Waals surface area contributed by atoms with Crippen LogP contribution >= 0.6 is 0 Å². The van der Waals surface area contributed by atoms with E-state index in [0.717, 1.165) is 13.1 Å². The van der Waals surface area contributed by atoms with E-state index >= 15 is 0 Å². The Hall–Kier alpha value is -0.560. The summed E-state index contributed by atoms with van der Waals surface area (Å²) in [5, 5.41) is 3.32. The molecule has 0 saturated heterocycles. The summed E-state index contributed by atoms with van der Waals surface area (Å²) in [6.07, 6.45) is 12.5. The van der Waals surface area contributed by atoms with Crippen LogP contribution < -0.4 is 5.32 Å². The Morgan fingerprint density at radius 3 is 2.40 bits per heavy atom. The SMILES string of the molecule is C1=C/CCNC/C=C/CC/1. The van der Waals surface area contributed by atoms with Crippen molar-refractivity contribution < 1.29 is 0 Å². The third kappa shape index (κ3) is 3.46. The summed E-state index contributed by atoms with van der Waals surface area (Å²) in [5.74, 6) is 0. The first-order chi connectivity index (χ1) is 5.00. The fourth-order valence-electron chi connectivity index (χ4n) is 1.00. The van der Waals surface area contributed by atoms with E-state index < -0.39 is 0 Å². The maximum absolute atomic E-state index is 3.32. The van der Waals surface area contributed by atoms with E-state index in [2.05, 4.69) is 29.6 Å². The zero-order chi connectivity index (χ0) is 7.07. The highest BCUT2D eigenvalue weighted by Crippen LogP contribution is 1.95. The Balaban J connectivity index is 2.23. The number of rotatable bonds is 0. The summed E-state index contributed by atoms with van der Waals surface area (Å²) in [7, 11) is 0. The lowest BCUT2D eigenvalue weighted by Gasteiger charge is -1.98. The van der Waals surface area contributed by atoms with Gasteiger partial charge in [0.2, 0.25) is 0 Å². The van der Waals surface area contributed by atoms with Crippen LogP contribution in [0.1, 0.15) is 19.3 Å². The third-order valence-corrected chi connectivity index (χ3v) is 1.58. The average molecular weight is 137 g/mol. The summed E-state index contributed by atoms with van der Waals surface area (Å²) in [4.78, 5) is 0. The molecule has 0 saturated carbocycles. The normalized spacial score (nSPS) is 27.2. The van der Waals surface area contributed by atoms with E-state index in [1.165, 1.54) is 19.3 Å². The van der Waals surface area contributed by atoms with Gasteiger partial charge >= 0.3 is 0 Å². The first kappa shape index (κ1) is 7.55. The van der Waals surface area contributed by atoms with Crippen molar-refractivity contribution >= 4 is 0 Å². The molecule has 1 N–H and O–H groups in total. The average Bonchev–Trinajstić information content (AvgIpc) is 2.01.